The molecule has 4 bridgehead atoms. The second kappa shape index (κ2) is 6.50. The van der Waals surface area contributed by atoms with Gasteiger partial charge in [-0.05, 0) is 67.7 Å². The van der Waals surface area contributed by atoms with Gasteiger partial charge < -0.3 is 15.2 Å². The Bertz CT molecular complexity index is 915. The molecule has 4 saturated carbocycles. The highest BCUT2D eigenvalue weighted by molar-refractivity contribution is 6.01. The van der Waals surface area contributed by atoms with Gasteiger partial charge in [0.05, 0.1) is 0 Å². The van der Waals surface area contributed by atoms with Gasteiger partial charge in [0, 0.05) is 10.9 Å². The summed E-state index contributed by atoms with van der Waals surface area (Å²) < 4.78 is 5.22. The number of phenolic OH excluding ortho intramolecular Hbond substituents is 1. The number of hydrogen-bond donors (Lipinski definition) is 2. The van der Waals surface area contributed by atoms with E-state index in [9.17, 15) is 14.7 Å². The van der Waals surface area contributed by atoms with Crippen LogP contribution in [0.15, 0.2) is 36.4 Å². The van der Waals surface area contributed by atoms with E-state index in [1.165, 1.54) is 25.3 Å². The molecule has 0 heterocycles. The monoisotopic (exact) mass is 379 g/mol. The molecule has 2 N–H and O–H groups in total. The summed E-state index contributed by atoms with van der Waals surface area (Å²) in [4.78, 5) is 24.9. The predicted molar refractivity (Wildman–Crippen MR) is 105 cm³/mol. The average molecular weight is 379 g/mol. The normalized spacial score (nSPS) is 30.4. The first-order valence-electron chi connectivity index (χ1n) is 10.2. The minimum Gasteiger partial charge on any atom is -0.506 e. The summed E-state index contributed by atoms with van der Waals surface area (Å²) in [6, 6.07) is 10.6. The minimum atomic E-state index is -0.677. The zero-order valence-electron chi connectivity index (χ0n) is 15.8. The summed E-state index contributed by atoms with van der Waals surface area (Å²) in [7, 11) is 0. The maximum atomic E-state index is 12.5. The lowest BCUT2D eigenvalue weighted by atomic mass is 9.53. The molecule has 1 amide bonds. The molecule has 28 heavy (non-hydrogen) atoms. The quantitative estimate of drug-likeness (QED) is 0.793. The first kappa shape index (κ1) is 17.5. The molecule has 2 aromatic rings. The maximum Gasteiger partial charge on any atom is 0.342 e. The van der Waals surface area contributed by atoms with Gasteiger partial charge in [-0.15, -0.1) is 0 Å². The van der Waals surface area contributed by atoms with E-state index in [1.54, 1.807) is 18.2 Å². The van der Waals surface area contributed by atoms with Gasteiger partial charge in [-0.25, -0.2) is 4.79 Å². The number of rotatable bonds is 4. The molecule has 0 aromatic heterocycles. The number of aromatic hydroxyl groups is 1. The van der Waals surface area contributed by atoms with E-state index in [1.807, 2.05) is 12.1 Å². The van der Waals surface area contributed by atoms with Crippen LogP contribution in [-0.4, -0.2) is 29.1 Å². The Kier molecular flexibility index (Phi) is 4.07. The van der Waals surface area contributed by atoms with E-state index in [0.29, 0.717) is 5.39 Å². The molecule has 146 valence electrons. The Balaban J connectivity index is 1.24. The minimum absolute atomic E-state index is 0.0845. The molecule has 4 aliphatic rings. The summed E-state index contributed by atoms with van der Waals surface area (Å²) in [6.07, 6.45) is 7.11. The lowest BCUT2D eigenvalue weighted by Crippen LogP contribution is -2.60. The Hall–Kier alpha value is -2.56. The van der Waals surface area contributed by atoms with Crippen molar-refractivity contribution in [1.82, 2.24) is 5.32 Å². The fourth-order valence-corrected chi connectivity index (χ4v) is 6.22. The predicted octanol–water partition coefficient (Wildman–Crippen LogP) is 3.79. The van der Waals surface area contributed by atoms with Gasteiger partial charge in [-0.3, -0.25) is 4.79 Å². The van der Waals surface area contributed by atoms with Crippen LogP contribution >= 0.6 is 0 Å². The molecule has 0 unspecified atom stereocenters. The molecule has 2 aromatic carbocycles. The number of benzene rings is 2. The molecule has 0 spiro atoms. The SMILES string of the molecule is O=C(COC(=O)c1ccc2ccccc2c1O)NC12CC3CC(CC(C3)C1)C2. The Morgan fingerprint density at radius 1 is 1.00 bits per heavy atom. The number of ether oxygens (including phenoxy) is 1. The molecule has 0 atom stereocenters. The Morgan fingerprint density at radius 2 is 1.64 bits per heavy atom. The zero-order chi connectivity index (χ0) is 19.3. The molecule has 0 saturated heterocycles. The van der Waals surface area contributed by atoms with Crippen LogP contribution in [0.1, 0.15) is 48.9 Å². The van der Waals surface area contributed by atoms with Crippen LogP contribution in [0.5, 0.6) is 5.75 Å². The molecule has 0 radical (unpaired) electrons. The zero-order valence-corrected chi connectivity index (χ0v) is 15.8. The number of phenols is 1. The standard InChI is InChI=1S/C23H25NO4/c25-20(24-23-10-14-7-15(11-23)9-16(8-14)12-23)13-28-22(27)19-6-5-17-3-1-2-4-18(17)21(19)26/h1-6,14-16,26H,7-13H2,(H,24,25). The van der Waals surface area contributed by atoms with Crippen LogP contribution in [0.4, 0.5) is 0 Å². The van der Waals surface area contributed by atoms with Gasteiger partial charge in [0.2, 0.25) is 0 Å². The number of carbonyl (C=O) groups is 2. The molecule has 4 aliphatic carbocycles. The molecular formula is C23H25NO4. The Morgan fingerprint density at radius 3 is 2.32 bits per heavy atom. The van der Waals surface area contributed by atoms with E-state index < -0.39 is 5.97 Å². The van der Waals surface area contributed by atoms with Crippen molar-refractivity contribution in [3.05, 3.63) is 42.0 Å². The highest BCUT2D eigenvalue weighted by Crippen LogP contribution is 2.55. The molecular weight excluding hydrogens is 354 g/mol. The third-order valence-electron chi connectivity index (χ3n) is 6.90. The van der Waals surface area contributed by atoms with Gasteiger partial charge >= 0.3 is 5.97 Å². The van der Waals surface area contributed by atoms with Crippen LogP contribution < -0.4 is 5.32 Å². The van der Waals surface area contributed by atoms with Crippen LogP contribution in [-0.2, 0) is 9.53 Å². The van der Waals surface area contributed by atoms with Crippen molar-refractivity contribution in [1.29, 1.82) is 0 Å². The fourth-order valence-electron chi connectivity index (χ4n) is 6.22. The van der Waals surface area contributed by atoms with Crippen LogP contribution in [0.2, 0.25) is 0 Å². The second-order valence-corrected chi connectivity index (χ2v) is 9.01. The highest BCUT2D eigenvalue weighted by atomic mass is 16.5. The van der Waals surface area contributed by atoms with E-state index in [2.05, 4.69) is 5.32 Å². The largest absolute Gasteiger partial charge is 0.506 e. The number of hydrogen-bond acceptors (Lipinski definition) is 4. The Labute approximate surface area is 164 Å². The van der Waals surface area contributed by atoms with Crippen molar-refractivity contribution >= 4 is 22.6 Å². The third kappa shape index (κ3) is 3.03. The first-order chi connectivity index (χ1) is 13.5. The first-order valence-corrected chi connectivity index (χ1v) is 10.2. The van der Waals surface area contributed by atoms with E-state index in [0.717, 1.165) is 42.4 Å². The van der Waals surface area contributed by atoms with Gasteiger partial charge in [-0.2, -0.15) is 0 Å². The number of fused-ring (bicyclic) bond motifs is 1. The second-order valence-electron chi connectivity index (χ2n) is 9.01. The van der Waals surface area contributed by atoms with Crippen molar-refractivity contribution in [3.63, 3.8) is 0 Å². The van der Waals surface area contributed by atoms with Crippen LogP contribution in [0, 0.1) is 17.8 Å². The summed E-state index contributed by atoms with van der Waals surface area (Å²) in [5.41, 5.74) is -0.00938. The average Bonchev–Trinajstić information content (AvgIpc) is 2.65. The fraction of sp³-hybridized carbons (Fsp3) is 0.478. The van der Waals surface area contributed by atoms with Crippen LogP contribution in [0.3, 0.4) is 0 Å². The van der Waals surface area contributed by atoms with Crippen molar-refractivity contribution in [2.24, 2.45) is 17.8 Å². The highest BCUT2D eigenvalue weighted by Gasteiger charge is 2.51. The number of carbonyl (C=O) groups excluding carboxylic acids is 2. The number of amides is 1. The summed E-state index contributed by atoms with van der Waals surface area (Å²) in [6.45, 7) is -0.313. The van der Waals surface area contributed by atoms with E-state index in [4.69, 9.17) is 4.74 Å². The maximum absolute atomic E-state index is 12.5. The smallest absolute Gasteiger partial charge is 0.342 e. The number of nitrogens with one attached hydrogen (secondary N) is 1. The van der Waals surface area contributed by atoms with Gasteiger partial charge in [0.15, 0.2) is 6.61 Å². The lowest BCUT2D eigenvalue weighted by molar-refractivity contribution is -0.130. The van der Waals surface area contributed by atoms with Crippen LogP contribution in [0.25, 0.3) is 10.8 Å². The molecule has 5 heteroatoms. The van der Waals surface area contributed by atoms with Crippen molar-refractivity contribution in [3.8, 4) is 5.75 Å². The summed E-state index contributed by atoms with van der Waals surface area (Å²) in [5, 5.41) is 15.0. The molecule has 6 rings (SSSR count). The third-order valence-corrected chi connectivity index (χ3v) is 6.90. The van der Waals surface area contributed by atoms with Gasteiger partial charge in [0.25, 0.3) is 5.91 Å². The van der Waals surface area contributed by atoms with E-state index in [-0.39, 0.29) is 29.4 Å². The van der Waals surface area contributed by atoms with Crippen molar-refractivity contribution in [2.75, 3.05) is 6.61 Å². The topological polar surface area (TPSA) is 75.6 Å². The van der Waals surface area contributed by atoms with Gasteiger partial charge in [0.1, 0.15) is 11.3 Å². The molecule has 0 aliphatic heterocycles. The van der Waals surface area contributed by atoms with E-state index >= 15 is 0 Å². The van der Waals surface area contributed by atoms with Crippen molar-refractivity contribution < 1.29 is 19.4 Å². The molecule has 4 fully saturated rings. The van der Waals surface area contributed by atoms with Gasteiger partial charge in [-0.1, -0.05) is 30.3 Å². The summed E-state index contributed by atoms with van der Waals surface area (Å²) in [5.74, 6) is 1.19. The summed E-state index contributed by atoms with van der Waals surface area (Å²) >= 11 is 0. The van der Waals surface area contributed by atoms with Crippen molar-refractivity contribution in [2.45, 2.75) is 44.1 Å². The lowest BCUT2D eigenvalue weighted by Gasteiger charge is -2.56. The molecule has 5 nitrogen and oxygen atoms in total. The number of esters is 1.